The highest BCUT2D eigenvalue weighted by molar-refractivity contribution is 6.04. The van der Waals surface area contributed by atoms with Gasteiger partial charge in [-0.05, 0) is 42.0 Å². The van der Waals surface area contributed by atoms with Crippen LogP contribution in [0.3, 0.4) is 0 Å². The van der Waals surface area contributed by atoms with Gasteiger partial charge in [0.05, 0.1) is 19.8 Å². The molecule has 1 aliphatic carbocycles. The van der Waals surface area contributed by atoms with E-state index in [1.54, 1.807) is 18.2 Å². The highest BCUT2D eigenvalue weighted by Gasteiger charge is 2.44. The number of carbonyl (C=O) groups excluding carboxylic acids is 2. The number of hydrogen-bond acceptors (Lipinski definition) is 7. The molecule has 2 aromatic rings. The lowest BCUT2D eigenvalue weighted by molar-refractivity contribution is -0.129. The molecule has 1 saturated carbocycles. The second-order valence-electron chi connectivity index (χ2n) is 11.8. The Bertz CT molecular complexity index is 1280. The number of carbonyl (C=O) groups is 2. The minimum atomic E-state index is -2.77. The molecule has 2 fully saturated rings. The third-order valence-corrected chi connectivity index (χ3v) is 7.84. The van der Waals surface area contributed by atoms with Crippen LogP contribution in [-0.2, 0) is 15.0 Å². The van der Waals surface area contributed by atoms with E-state index in [9.17, 15) is 28.7 Å². The van der Waals surface area contributed by atoms with Crippen molar-refractivity contribution in [1.29, 1.82) is 5.26 Å². The molecule has 1 unspecified atom stereocenters. The molecule has 0 spiro atoms. The monoisotopic (exact) mass is 569 g/mol. The average Bonchev–Trinajstić information content (AvgIpc) is 3.32. The molecule has 2 amide bonds. The second-order valence-corrected chi connectivity index (χ2v) is 11.8. The molecule has 2 N–H and O–H groups in total. The van der Waals surface area contributed by atoms with Crippen molar-refractivity contribution in [2.24, 2.45) is 0 Å². The topological polar surface area (TPSA) is 119 Å². The fraction of sp³-hybridized carbons (Fsp3) is 0.533. The Labute approximate surface area is 239 Å². The molecule has 9 nitrogen and oxygen atoms in total. The van der Waals surface area contributed by atoms with Crippen molar-refractivity contribution in [2.75, 3.05) is 18.6 Å². The van der Waals surface area contributed by atoms with Crippen LogP contribution in [0.1, 0.15) is 70.0 Å². The van der Waals surface area contributed by atoms with Crippen LogP contribution in [0.5, 0.6) is 5.75 Å². The molecule has 220 valence electrons. The summed E-state index contributed by atoms with van der Waals surface area (Å²) < 4.78 is 33.2. The lowest BCUT2D eigenvalue weighted by atomic mass is 9.87. The maximum atomic E-state index is 14.3. The number of aromatic nitrogens is 1. The number of alkyl halides is 2. The lowest BCUT2D eigenvalue weighted by Gasteiger charge is -2.36. The van der Waals surface area contributed by atoms with Gasteiger partial charge in [0.1, 0.15) is 17.8 Å². The number of aliphatic hydroxyl groups excluding tert-OH is 1. The number of anilines is 1. The van der Waals surface area contributed by atoms with Crippen molar-refractivity contribution in [2.45, 2.75) is 88.4 Å². The summed E-state index contributed by atoms with van der Waals surface area (Å²) in [6.45, 7) is 6.16. The molecule has 0 bridgehead atoms. The van der Waals surface area contributed by atoms with Gasteiger partial charge in [0.15, 0.2) is 6.19 Å². The fourth-order valence-electron chi connectivity index (χ4n) is 5.49. The molecule has 41 heavy (non-hydrogen) atoms. The predicted octanol–water partition coefficient (Wildman–Crippen LogP) is 4.07. The van der Waals surface area contributed by atoms with E-state index in [1.165, 1.54) is 29.3 Å². The first-order valence-corrected chi connectivity index (χ1v) is 13.8. The van der Waals surface area contributed by atoms with Crippen LogP contribution < -0.4 is 15.0 Å². The minimum Gasteiger partial charge on any atom is -0.496 e. The zero-order valence-electron chi connectivity index (χ0n) is 23.8. The number of ether oxygens (including phenoxy) is 1. The summed E-state index contributed by atoms with van der Waals surface area (Å²) in [5, 5.41) is 22.9. The normalized spacial score (nSPS) is 21.6. The number of nitriles is 1. The highest BCUT2D eigenvalue weighted by atomic mass is 19.3. The van der Waals surface area contributed by atoms with E-state index in [0.717, 1.165) is 5.56 Å². The Morgan fingerprint density at radius 3 is 2.46 bits per heavy atom. The number of likely N-dealkylation sites (tertiary alicyclic amines) is 1. The average molecular weight is 570 g/mol. The molecule has 1 saturated heterocycles. The van der Waals surface area contributed by atoms with E-state index in [-0.39, 0.29) is 44.1 Å². The zero-order chi connectivity index (χ0) is 29.9. The summed E-state index contributed by atoms with van der Waals surface area (Å²) in [6, 6.07) is 5.99. The molecule has 1 aromatic carbocycles. The van der Waals surface area contributed by atoms with Crippen molar-refractivity contribution >= 4 is 17.5 Å². The van der Waals surface area contributed by atoms with Crippen molar-refractivity contribution in [1.82, 2.24) is 15.2 Å². The van der Waals surface area contributed by atoms with E-state index in [0.29, 0.717) is 17.0 Å². The molecule has 4 rings (SSSR count). The van der Waals surface area contributed by atoms with E-state index in [1.807, 2.05) is 18.3 Å². The van der Waals surface area contributed by atoms with Crippen LogP contribution in [0.25, 0.3) is 0 Å². The van der Waals surface area contributed by atoms with E-state index in [4.69, 9.17) is 4.74 Å². The standard InChI is InChI=1S/C30H37F2N5O4/c1-29(2,3)19-5-7-21(8-6-19)37(28(40)24-15-22(38)17-36(24)18-33)26(23-16-34-14-11-25(23)41-4)27(39)35-20-9-12-30(31,32)13-10-20/h5-8,11,14,16,20,22,24,26,38H,9-10,12-13,15,17H2,1-4H3,(H,35,39)/t22-,24-,26?/m1/s1. The van der Waals surface area contributed by atoms with Crippen LogP contribution in [-0.4, -0.2) is 64.6 Å². The Balaban J connectivity index is 1.82. The van der Waals surface area contributed by atoms with Crippen LogP contribution in [0, 0.1) is 11.5 Å². The third-order valence-electron chi connectivity index (χ3n) is 7.84. The first kappa shape index (κ1) is 30.2. The Morgan fingerprint density at radius 2 is 1.88 bits per heavy atom. The quantitative estimate of drug-likeness (QED) is 0.483. The third kappa shape index (κ3) is 6.76. The van der Waals surface area contributed by atoms with Gasteiger partial charge in [-0.25, -0.2) is 8.78 Å². The van der Waals surface area contributed by atoms with Gasteiger partial charge in [-0.3, -0.25) is 24.4 Å². The van der Waals surface area contributed by atoms with Crippen LogP contribution in [0.15, 0.2) is 42.7 Å². The lowest BCUT2D eigenvalue weighted by Crippen LogP contribution is -2.52. The molecule has 1 aromatic heterocycles. The van der Waals surface area contributed by atoms with E-state index < -0.39 is 42.0 Å². The van der Waals surface area contributed by atoms with Crippen molar-refractivity contribution in [3.63, 3.8) is 0 Å². The maximum Gasteiger partial charge on any atom is 0.251 e. The number of hydrogen-bond donors (Lipinski definition) is 2. The molecule has 11 heteroatoms. The molecular formula is C30H37F2N5O4. The summed E-state index contributed by atoms with van der Waals surface area (Å²) >= 11 is 0. The number of aliphatic hydroxyl groups is 1. The number of nitrogens with one attached hydrogen (secondary N) is 1. The number of β-amino-alcohol motifs (C(OH)–C–C–N with tert-alkyl or cyclic N) is 1. The SMILES string of the molecule is COc1ccncc1C(C(=O)NC1CCC(F)(F)CC1)N(C(=O)[C@H]1C[C@@H](O)CN1C#N)c1ccc(C(C)(C)C)cc1. The van der Waals surface area contributed by atoms with Gasteiger partial charge in [0, 0.05) is 48.9 Å². The summed E-state index contributed by atoms with van der Waals surface area (Å²) in [5.41, 5.74) is 1.52. The number of amides is 2. The largest absolute Gasteiger partial charge is 0.496 e. The highest BCUT2D eigenvalue weighted by Crippen LogP contribution is 2.37. The van der Waals surface area contributed by atoms with Crippen molar-refractivity contribution in [3.05, 3.63) is 53.9 Å². The van der Waals surface area contributed by atoms with Gasteiger partial charge in [-0.1, -0.05) is 32.9 Å². The van der Waals surface area contributed by atoms with Gasteiger partial charge >= 0.3 is 0 Å². The van der Waals surface area contributed by atoms with Gasteiger partial charge in [0.25, 0.3) is 5.91 Å². The number of pyridine rings is 1. The Hall–Kier alpha value is -3.78. The summed E-state index contributed by atoms with van der Waals surface area (Å²) in [4.78, 5) is 35.1. The van der Waals surface area contributed by atoms with E-state index >= 15 is 0 Å². The summed E-state index contributed by atoms with van der Waals surface area (Å²) in [6.07, 6.45) is 3.55. The zero-order valence-corrected chi connectivity index (χ0v) is 23.8. The smallest absolute Gasteiger partial charge is 0.251 e. The van der Waals surface area contributed by atoms with Crippen molar-refractivity contribution < 1.29 is 28.2 Å². The summed E-state index contributed by atoms with van der Waals surface area (Å²) in [7, 11) is 1.44. The molecule has 1 aliphatic heterocycles. The van der Waals surface area contributed by atoms with Crippen molar-refractivity contribution in [3.8, 4) is 11.9 Å². The van der Waals surface area contributed by atoms with Gasteiger partial charge in [0.2, 0.25) is 11.8 Å². The number of nitrogens with zero attached hydrogens (tertiary/aromatic N) is 4. The van der Waals surface area contributed by atoms with Crippen LogP contribution in [0.4, 0.5) is 14.5 Å². The molecule has 3 atom stereocenters. The summed E-state index contributed by atoms with van der Waals surface area (Å²) in [5.74, 6) is -3.61. The van der Waals surface area contributed by atoms with Gasteiger partial charge < -0.3 is 15.2 Å². The van der Waals surface area contributed by atoms with Gasteiger partial charge in [-0.2, -0.15) is 5.26 Å². The minimum absolute atomic E-state index is 0.00687. The molecule has 2 heterocycles. The molecule has 0 radical (unpaired) electrons. The Kier molecular flexibility index (Phi) is 8.83. The first-order chi connectivity index (χ1) is 19.3. The fourth-order valence-corrected chi connectivity index (χ4v) is 5.49. The van der Waals surface area contributed by atoms with Crippen LogP contribution in [0.2, 0.25) is 0 Å². The predicted molar refractivity (Wildman–Crippen MR) is 148 cm³/mol. The van der Waals surface area contributed by atoms with Crippen LogP contribution >= 0.6 is 0 Å². The first-order valence-electron chi connectivity index (χ1n) is 13.8. The van der Waals surface area contributed by atoms with Gasteiger partial charge in [-0.15, -0.1) is 0 Å². The number of halogens is 2. The maximum absolute atomic E-state index is 14.3. The Morgan fingerprint density at radius 1 is 1.22 bits per heavy atom. The molecule has 2 aliphatic rings. The second kappa shape index (κ2) is 12.0. The molecular weight excluding hydrogens is 532 g/mol. The van der Waals surface area contributed by atoms with E-state index in [2.05, 4.69) is 31.1 Å². The number of rotatable bonds is 7. The number of methoxy groups -OCH3 is 1. The number of benzene rings is 1.